The summed E-state index contributed by atoms with van der Waals surface area (Å²) in [5.41, 5.74) is 2.26. The monoisotopic (exact) mass is 394 g/mol. The van der Waals surface area contributed by atoms with Gasteiger partial charge in [0.15, 0.2) is 0 Å². The molecule has 0 spiro atoms. The van der Waals surface area contributed by atoms with E-state index in [9.17, 15) is 4.79 Å². The van der Waals surface area contributed by atoms with Gasteiger partial charge in [-0.15, -0.1) is 0 Å². The van der Waals surface area contributed by atoms with Crippen LogP contribution in [0.3, 0.4) is 0 Å². The molecular formula is C23H28GeO. The van der Waals surface area contributed by atoms with Gasteiger partial charge in [0.05, 0.1) is 0 Å². The molecule has 130 valence electrons. The molecule has 0 saturated heterocycles. The summed E-state index contributed by atoms with van der Waals surface area (Å²) in [7, 11) is 0. The van der Waals surface area contributed by atoms with Gasteiger partial charge >= 0.3 is 154 Å². The first-order valence-corrected chi connectivity index (χ1v) is 14.7. The number of hydrogen-bond acceptors (Lipinski definition) is 1. The number of fused-ring (bicyclic) bond motifs is 1. The predicted molar refractivity (Wildman–Crippen MR) is 110 cm³/mol. The van der Waals surface area contributed by atoms with Crippen LogP contribution in [0.5, 0.6) is 0 Å². The van der Waals surface area contributed by atoms with E-state index < -0.39 is 13.3 Å². The fourth-order valence-corrected chi connectivity index (χ4v) is 16.4. The van der Waals surface area contributed by atoms with Gasteiger partial charge in [0.1, 0.15) is 0 Å². The SMILES string of the molecule is CCC[CH2][Ge]1([CH2]CCC)[C](c2ccccc2)=CC(=O)c2cccc[c]21. The maximum absolute atomic E-state index is 12.9. The number of rotatable bonds is 7. The minimum absolute atomic E-state index is 0.198. The Morgan fingerprint density at radius 3 is 2.04 bits per heavy atom. The van der Waals surface area contributed by atoms with Crippen LogP contribution >= 0.6 is 0 Å². The van der Waals surface area contributed by atoms with Crippen molar-refractivity contribution in [3.05, 3.63) is 71.8 Å². The molecule has 0 amide bonds. The summed E-state index contributed by atoms with van der Waals surface area (Å²) < 4.78 is 2.84. The Hall–Kier alpha value is -1.61. The summed E-state index contributed by atoms with van der Waals surface area (Å²) in [6.07, 6.45) is 6.96. The van der Waals surface area contributed by atoms with Gasteiger partial charge in [-0.1, -0.05) is 0 Å². The number of hydrogen-bond donors (Lipinski definition) is 0. The Balaban J connectivity index is 2.21. The summed E-state index contributed by atoms with van der Waals surface area (Å²) in [6, 6.07) is 19.2. The van der Waals surface area contributed by atoms with Crippen LogP contribution in [0.2, 0.25) is 10.5 Å². The van der Waals surface area contributed by atoms with E-state index >= 15 is 0 Å². The van der Waals surface area contributed by atoms with Crippen LogP contribution < -0.4 is 4.40 Å². The van der Waals surface area contributed by atoms with E-state index in [4.69, 9.17) is 0 Å². The zero-order valence-electron chi connectivity index (χ0n) is 15.4. The van der Waals surface area contributed by atoms with E-state index in [-0.39, 0.29) is 5.78 Å². The first-order chi connectivity index (χ1) is 12.2. The third-order valence-electron chi connectivity index (χ3n) is 5.50. The fraction of sp³-hybridized carbons (Fsp3) is 0.348. The van der Waals surface area contributed by atoms with Crippen LogP contribution in [-0.2, 0) is 0 Å². The zero-order valence-corrected chi connectivity index (χ0v) is 17.5. The summed E-state index contributed by atoms with van der Waals surface area (Å²) in [5.74, 6) is 0.198. The molecular weight excluding hydrogens is 365 g/mol. The molecule has 2 aromatic carbocycles. The van der Waals surface area contributed by atoms with Gasteiger partial charge in [-0.3, -0.25) is 0 Å². The van der Waals surface area contributed by atoms with Crippen LogP contribution in [0.15, 0.2) is 60.7 Å². The molecule has 2 aromatic rings. The Morgan fingerprint density at radius 1 is 0.800 bits per heavy atom. The molecule has 0 radical (unpaired) electrons. The first kappa shape index (κ1) is 18.2. The van der Waals surface area contributed by atoms with Gasteiger partial charge in [-0.25, -0.2) is 0 Å². The molecule has 2 heteroatoms. The van der Waals surface area contributed by atoms with Crippen molar-refractivity contribution >= 4 is 27.9 Å². The number of benzene rings is 2. The maximum atomic E-state index is 12.9. The third-order valence-corrected chi connectivity index (χ3v) is 16.7. The molecule has 1 heterocycles. The molecule has 0 unspecified atom stereocenters. The molecule has 0 aromatic heterocycles. The first-order valence-electron chi connectivity index (χ1n) is 9.64. The van der Waals surface area contributed by atoms with Gasteiger partial charge in [0, 0.05) is 0 Å². The number of carbonyl (C=O) groups excluding carboxylic acids is 1. The van der Waals surface area contributed by atoms with Crippen LogP contribution in [0.4, 0.5) is 0 Å². The molecule has 25 heavy (non-hydrogen) atoms. The van der Waals surface area contributed by atoms with E-state index in [0.29, 0.717) is 0 Å². The minimum atomic E-state index is -2.57. The molecule has 0 bridgehead atoms. The van der Waals surface area contributed by atoms with Crippen LogP contribution in [0, 0.1) is 0 Å². The quantitative estimate of drug-likeness (QED) is 0.547. The normalized spacial score (nSPS) is 15.6. The van der Waals surface area contributed by atoms with Gasteiger partial charge in [0.25, 0.3) is 0 Å². The summed E-state index contributed by atoms with van der Waals surface area (Å²) in [4.78, 5) is 12.9. The standard InChI is InChI=1S/C23H28GeO/c1-3-5-16-24(17-6-4-2)21-15-11-10-14-20(21)23(25)18-22(24)19-12-8-7-9-13-19/h7-15,18H,3-6,16-17H2,1-2H3. The van der Waals surface area contributed by atoms with Crippen molar-refractivity contribution in [3.8, 4) is 0 Å². The Kier molecular flexibility index (Phi) is 5.95. The van der Waals surface area contributed by atoms with Gasteiger partial charge in [-0.05, 0) is 0 Å². The van der Waals surface area contributed by atoms with E-state index in [1.807, 2.05) is 18.2 Å². The average molecular weight is 393 g/mol. The fourth-order valence-electron chi connectivity index (χ4n) is 4.21. The second kappa shape index (κ2) is 8.18. The van der Waals surface area contributed by atoms with Crippen molar-refractivity contribution in [1.29, 1.82) is 0 Å². The van der Waals surface area contributed by atoms with Crippen LogP contribution in [-0.4, -0.2) is 19.0 Å². The molecule has 1 nitrogen and oxygen atoms in total. The Labute approximate surface area is 154 Å². The summed E-state index contributed by atoms with van der Waals surface area (Å²) >= 11 is -2.57. The Morgan fingerprint density at radius 2 is 1.40 bits per heavy atom. The molecule has 0 fully saturated rings. The van der Waals surface area contributed by atoms with E-state index in [0.717, 1.165) is 5.56 Å². The zero-order chi connectivity index (χ0) is 17.7. The van der Waals surface area contributed by atoms with Crippen molar-refractivity contribution in [3.63, 3.8) is 0 Å². The van der Waals surface area contributed by atoms with E-state index in [1.165, 1.54) is 50.6 Å². The molecule has 1 aliphatic heterocycles. The molecule has 0 aliphatic carbocycles. The second-order valence-corrected chi connectivity index (χ2v) is 16.0. The van der Waals surface area contributed by atoms with Crippen LogP contribution in [0.1, 0.15) is 55.5 Å². The van der Waals surface area contributed by atoms with Crippen molar-refractivity contribution in [2.45, 2.75) is 50.0 Å². The number of carbonyl (C=O) groups is 1. The summed E-state index contributed by atoms with van der Waals surface area (Å²) in [6.45, 7) is 4.56. The van der Waals surface area contributed by atoms with Crippen molar-refractivity contribution in [1.82, 2.24) is 0 Å². The number of ketones is 1. The topological polar surface area (TPSA) is 17.1 Å². The average Bonchev–Trinajstić information content (AvgIpc) is 2.67. The van der Waals surface area contributed by atoms with Gasteiger partial charge < -0.3 is 0 Å². The Bertz CT molecular complexity index is 753. The molecule has 1 aliphatic rings. The van der Waals surface area contributed by atoms with Crippen molar-refractivity contribution in [2.24, 2.45) is 0 Å². The third kappa shape index (κ3) is 3.53. The van der Waals surface area contributed by atoms with E-state index in [1.54, 1.807) is 0 Å². The van der Waals surface area contributed by atoms with Gasteiger partial charge in [-0.2, -0.15) is 0 Å². The van der Waals surface area contributed by atoms with Gasteiger partial charge in [0.2, 0.25) is 0 Å². The van der Waals surface area contributed by atoms with Crippen molar-refractivity contribution in [2.75, 3.05) is 0 Å². The molecule has 0 N–H and O–H groups in total. The second-order valence-electron chi connectivity index (χ2n) is 7.12. The van der Waals surface area contributed by atoms with E-state index in [2.05, 4.69) is 56.3 Å². The van der Waals surface area contributed by atoms with Crippen molar-refractivity contribution < 1.29 is 4.79 Å². The predicted octanol–water partition coefficient (Wildman–Crippen LogP) is 5.76. The number of unbranched alkanes of at least 4 members (excludes halogenated alkanes) is 2. The summed E-state index contributed by atoms with van der Waals surface area (Å²) in [5, 5.41) is 2.59. The molecule has 0 saturated carbocycles. The van der Waals surface area contributed by atoms with Crippen LogP contribution in [0.25, 0.3) is 4.41 Å². The molecule has 3 rings (SSSR count). The molecule has 0 atom stereocenters. The number of allylic oxidation sites excluding steroid dienone is 1.